The molecule has 0 aromatic heterocycles. The maximum Gasteiger partial charge on any atom is 1.00 e. The van der Waals surface area contributed by atoms with Crippen LogP contribution in [0.2, 0.25) is 0 Å². The summed E-state index contributed by atoms with van der Waals surface area (Å²) in [5.41, 5.74) is 4.61. The molecular formula is C12H11CuN3+. The van der Waals surface area contributed by atoms with Gasteiger partial charge in [-0.05, 0) is 24.3 Å². The van der Waals surface area contributed by atoms with E-state index in [1.54, 1.807) is 0 Å². The van der Waals surface area contributed by atoms with E-state index in [1.807, 2.05) is 60.7 Å². The van der Waals surface area contributed by atoms with Gasteiger partial charge in [0.25, 0.3) is 0 Å². The van der Waals surface area contributed by atoms with Gasteiger partial charge in [0.15, 0.2) is 0 Å². The predicted molar refractivity (Wildman–Crippen MR) is 61.0 cm³/mol. The van der Waals surface area contributed by atoms with Crippen molar-refractivity contribution >= 4 is 11.4 Å². The molecule has 0 radical (unpaired) electrons. The number of hydrogen-bond donors (Lipinski definition) is 1. The van der Waals surface area contributed by atoms with E-state index in [-0.39, 0.29) is 17.1 Å². The molecule has 2 aromatic carbocycles. The molecule has 4 heteroatoms. The van der Waals surface area contributed by atoms with E-state index < -0.39 is 0 Å². The van der Waals surface area contributed by atoms with Gasteiger partial charge in [-0.15, -0.1) is 5.11 Å². The molecular weight excluding hydrogens is 250 g/mol. The summed E-state index contributed by atoms with van der Waals surface area (Å²) in [5.74, 6) is 0. The van der Waals surface area contributed by atoms with E-state index in [4.69, 9.17) is 0 Å². The number of hydrogen-bond acceptors (Lipinski definition) is 2. The Morgan fingerprint density at radius 2 is 1.31 bits per heavy atom. The van der Waals surface area contributed by atoms with Crippen LogP contribution in [-0.2, 0) is 17.1 Å². The van der Waals surface area contributed by atoms with Crippen LogP contribution in [0.15, 0.2) is 71.0 Å². The van der Waals surface area contributed by atoms with Crippen LogP contribution in [0, 0.1) is 0 Å². The monoisotopic (exact) mass is 260 g/mol. The maximum absolute atomic E-state index is 4.02. The smallest absolute Gasteiger partial charge is 0.260 e. The minimum atomic E-state index is 0. The topological polar surface area (TPSA) is 36.8 Å². The molecule has 0 aliphatic carbocycles. The van der Waals surface area contributed by atoms with Gasteiger partial charge in [0, 0.05) is 0 Å². The third-order valence-electron chi connectivity index (χ3n) is 1.87. The Morgan fingerprint density at radius 1 is 0.750 bits per heavy atom. The molecule has 0 atom stereocenters. The molecule has 0 aliphatic heterocycles. The van der Waals surface area contributed by atoms with Crippen LogP contribution < -0.4 is 5.43 Å². The summed E-state index contributed by atoms with van der Waals surface area (Å²) in [5, 5.41) is 7.90. The Bertz CT molecular complexity index is 429. The molecule has 3 nitrogen and oxygen atoms in total. The second-order valence-corrected chi connectivity index (χ2v) is 3.01. The van der Waals surface area contributed by atoms with Gasteiger partial charge in [0.1, 0.15) is 0 Å². The first-order chi connectivity index (χ1) is 7.45. The Balaban J connectivity index is 0.00000128. The molecule has 0 saturated heterocycles. The molecule has 1 N–H and O–H groups in total. The van der Waals surface area contributed by atoms with Crippen LogP contribution >= 0.6 is 0 Å². The van der Waals surface area contributed by atoms with Crippen molar-refractivity contribution < 1.29 is 17.1 Å². The van der Waals surface area contributed by atoms with E-state index >= 15 is 0 Å². The largest absolute Gasteiger partial charge is 1.00 e. The molecule has 0 aliphatic rings. The average molecular weight is 261 g/mol. The summed E-state index contributed by atoms with van der Waals surface area (Å²) in [6.45, 7) is 0. The number of rotatable bonds is 3. The Kier molecular flexibility index (Phi) is 5.26. The van der Waals surface area contributed by atoms with Gasteiger partial charge in [0.2, 0.25) is 0 Å². The second-order valence-electron chi connectivity index (χ2n) is 3.01. The van der Waals surface area contributed by atoms with Crippen LogP contribution in [0.1, 0.15) is 0 Å². The van der Waals surface area contributed by atoms with Crippen molar-refractivity contribution in [3.63, 3.8) is 0 Å². The van der Waals surface area contributed by atoms with Crippen LogP contribution in [0.5, 0.6) is 0 Å². The zero-order valence-corrected chi connectivity index (χ0v) is 9.41. The minimum Gasteiger partial charge on any atom is -0.260 e. The fourth-order valence-corrected chi connectivity index (χ4v) is 1.15. The third kappa shape index (κ3) is 3.85. The Labute approximate surface area is 105 Å². The first kappa shape index (κ1) is 12.4. The van der Waals surface area contributed by atoms with E-state index in [1.165, 1.54) is 0 Å². The average Bonchev–Trinajstić information content (AvgIpc) is 2.32. The van der Waals surface area contributed by atoms with Crippen LogP contribution in [0.4, 0.5) is 11.4 Å². The molecule has 0 heterocycles. The SMILES string of the molecule is [Cu+].c1ccc(N=NNc2ccccc2)cc1. The number of para-hydroxylation sites is 1. The minimum absolute atomic E-state index is 0. The molecule has 2 aromatic rings. The van der Waals surface area contributed by atoms with Gasteiger partial charge in [-0.1, -0.05) is 41.6 Å². The summed E-state index contributed by atoms with van der Waals surface area (Å²) in [6, 6.07) is 19.3. The summed E-state index contributed by atoms with van der Waals surface area (Å²) in [6.07, 6.45) is 0. The van der Waals surface area contributed by atoms with Crippen molar-refractivity contribution in [3.8, 4) is 0 Å². The summed E-state index contributed by atoms with van der Waals surface area (Å²) in [4.78, 5) is 0. The number of benzene rings is 2. The fraction of sp³-hybridized carbons (Fsp3) is 0. The van der Waals surface area contributed by atoms with Gasteiger partial charge in [-0.3, -0.25) is 5.43 Å². The van der Waals surface area contributed by atoms with Gasteiger partial charge in [0.05, 0.1) is 11.4 Å². The van der Waals surface area contributed by atoms with Crippen molar-refractivity contribution in [2.75, 3.05) is 5.43 Å². The summed E-state index contributed by atoms with van der Waals surface area (Å²) < 4.78 is 0. The quantitative estimate of drug-likeness (QED) is 0.509. The molecule has 0 saturated carbocycles. The molecule has 16 heavy (non-hydrogen) atoms. The van der Waals surface area contributed by atoms with E-state index in [2.05, 4.69) is 15.8 Å². The maximum atomic E-state index is 4.02. The Hall–Kier alpha value is -1.64. The van der Waals surface area contributed by atoms with Gasteiger partial charge in [-0.2, -0.15) is 0 Å². The number of anilines is 1. The normalized spacial score (nSPS) is 9.75. The van der Waals surface area contributed by atoms with Crippen molar-refractivity contribution in [3.05, 3.63) is 60.7 Å². The summed E-state index contributed by atoms with van der Waals surface area (Å²) in [7, 11) is 0. The van der Waals surface area contributed by atoms with Crippen LogP contribution in [0.3, 0.4) is 0 Å². The molecule has 0 bridgehead atoms. The molecule has 0 fully saturated rings. The van der Waals surface area contributed by atoms with Gasteiger partial charge >= 0.3 is 17.1 Å². The molecule has 2 rings (SSSR count). The number of nitrogens with one attached hydrogen (secondary N) is 1. The number of nitrogens with zero attached hydrogens (tertiary/aromatic N) is 2. The van der Waals surface area contributed by atoms with Crippen molar-refractivity contribution in [2.24, 2.45) is 10.3 Å². The van der Waals surface area contributed by atoms with Gasteiger partial charge < -0.3 is 0 Å². The molecule has 0 unspecified atom stereocenters. The molecule has 84 valence electrons. The first-order valence-corrected chi connectivity index (χ1v) is 4.72. The van der Waals surface area contributed by atoms with Gasteiger partial charge in [-0.25, -0.2) is 0 Å². The van der Waals surface area contributed by atoms with E-state index in [9.17, 15) is 0 Å². The van der Waals surface area contributed by atoms with Crippen LogP contribution in [0.25, 0.3) is 0 Å². The van der Waals surface area contributed by atoms with Crippen molar-refractivity contribution in [1.29, 1.82) is 0 Å². The Morgan fingerprint density at radius 3 is 1.94 bits per heavy atom. The zero-order valence-electron chi connectivity index (χ0n) is 8.47. The zero-order chi connectivity index (χ0) is 10.3. The van der Waals surface area contributed by atoms with Crippen molar-refractivity contribution in [1.82, 2.24) is 0 Å². The fourth-order valence-electron chi connectivity index (χ4n) is 1.15. The first-order valence-electron chi connectivity index (χ1n) is 4.72. The predicted octanol–water partition coefficient (Wildman–Crippen LogP) is 3.79. The van der Waals surface area contributed by atoms with E-state index in [0.717, 1.165) is 11.4 Å². The van der Waals surface area contributed by atoms with Crippen molar-refractivity contribution in [2.45, 2.75) is 0 Å². The van der Waals surface area contributed by atoms with Crippen LogP contribution in [-0.4, -0.2) is 0 Å². The van der Waals surface area contributed by atoms with E-state index in [0.29, 0.717) is 0 Å². The molecule has 0 amide bonds. The third-order valence-corrected chi connectivity index (χ3v) is 1.87. The summed E-state index contributed by atoms with van der Waals surface area (Å²) >= 11 is 0. The molecule has 0 spiro atoms. The standard InChI is InChI=1S/C12H11N3.Cu/c1-3-7-11(8-4-1)13-15-14-12-9-5-2-6-10-12;/h1-10H,(H,13,14);/q;+1. The second kappa shape index (κ2) is 6.77.